The summed E-state index contributed by atoms with van der Waals surface area (Å²) in [5.41, 5.74) is 0. The van der Waals surface area contributed by atoms with E-state index in [0.717, 1.165) is 12.8 Å². The van der Waals surface area contributed by atoms with Gasteiger partial charge in [-0.2, -0.15) is 0 Å². The third-order valence-electron chi connectivity index (χ3n) is 1.39. The molecule has 0 aromatic rings. The van der Waals surface area contributed by atoms with Gasteiger partial charge in [0.15, 0.2) is 0 Å². The van der Waals surface area contributed by atoms with Crippen molar-refractivity contribution in [1.82, 2.24) is 0 Å². The normalized spacial score (nSPS) is 13.5. The van der Waals surface area contributed by atoms with Gasteiger partial charge in [0.05, 0.1) is 10.8 Å². The maximum Gasteiger partial charge on any atom is 0.0520 e. The van der Waals surface area contributed by atoms with Crippen LogP contribution in [0.1, 0.15) is 19.8 Å². The zero-order valence-corrected chi connectivity index (χ0v) is 8.27. The van der Waals surface area contributed by atoms with E-state index in [0.29, 0.717) is 10.7 Å². The average Bonchev–Trinajstić information content (AvgIpc) is 2.10. The van der Waals surface area contributed by atoms with Crippen LogP contribution in [0, 0.1) is 0 Å². The highest BCUT2D eigenvalue weighted by Gasteiger charge is 1.95. The van der Waals surface area contributed by atoms with E-state index in [1.54, 1.807) is 6.08 Å². The first kappa shape index (κ1) is 11.6. The molecule has 3 heteroatoms. The molecule has 0 aromatic heterocycles. The molecule has 0 rings (SSSR count). The summed E-state index contributed by atoms with van der Waals surface area (Å²) in [6, 6.07) is 0. The van der Waals surface area contributed by atoms with Gasteiger partial charge in [-0.25, -0.2) is 0 Å². The Morgan fingerprint density at radius 2 is 2.33 bits per heavy atom. The molecule has 0 radical (unpaired) electrons. The smallest absolute Gasteiger partial charge is 0.0520 e. The van der Waals surface area contributed by atoms with Gasteiger partial charge >= 0.3 is 0 Å². The van der Waals surface area contributed by atoms with Gasteiger partial charge in [0.1, 0.15) is 0 Å². The summed E-state index contributed by atoms with van der Waals surface area (Å²) >= 11 is 0. The zero-order valence-electron chi connectivity index (χ0n) is 7.45. The monoisotopic (exact) mass is 188 g/mol. The Morgan fingerprint density at radius 3 is 2.83 bits per heavy atom. The van der Waals surface area contributed by atoms with Gasteiger partial charge in [0.25, 0.3) is 0 Å². The summed E-state index contributed by atoms with van der Waals surface area (Å²) < 4.78 is 11.1. The standard InChI is InChI=1S/C9H16O2S/c1-3-12(11)9(2)7-5-4-6-8-10/h5,7,10H,2-4,6,8H2,1H3/b7-5-. The van der Waals surface area contributed by atoms with Crippen molar-refractivity contribution >= 4 is 10.8 Å². The number of unbranched alkanes of at least 4 members (excludes halogenated alkanes) is 1. The third-order valence-corrected chi connectivity index (χ3v) is 2.63. The molecule has 0 aromatic carbocycles. The van der Waals surface area contributed by atoms with E-state index >= 15 is 0 Å². The van der Waals surface area contributed by atoms with E-state index in [1.807, 2.05) is 13.0 Å². The van der Waals surface area contributed by atoms with Crippen LogP contribution in [-0.2, 0) is 10.8 Å². The van der Waals surface area contributed by atoms with E-state index in [4.69, 9.17) is 5.11 Å². The molecule has 0 spiro atoms. The van der Waals surface area contributed by atoms with Gasteiger partial charge in [0.2, 0.25) is 0 Å². The molecule has 0 heterocycles. The van der Waals surface area contributed by atoms with Crippen LogP contribution in [0.5, 0.6) is 0 Å². The van der Waals surface area contributed by atoms with Crippen molar-refractivity contribution in [2.45, 2.75) is 19.8 Å². The first-order valence-electron chi connectivity index (χ1n) is 4.07. The molecule has 0 aliphatic carbocycles. The Morgan fingerprint density at radius 1 is 1.67 bits per heavy atom. The van der Waals surface area contributed by atoms with Crippen molar-refractivity contribution in [3.05, 3.63) is 23.6 Å². The molecule has 0 saturated heterocycles. The summed E-state index contributed by atoms with van der Waals surface area (Å²) in [6.45, 7) is 5.74. The van der Waals surface area contributed by atoms with Crippen molar-refractivity contribution in [1.29, 1.82) is 0 Å². The Kier molecular flexibility index (Phi) is 7.00. The van der Waals surface area contributed by atoms with E-state index in [9.17, 15) is 4.21 Å². The number of allylic oxidation sites excluding steroid dienone is 2. The van der Waals surface area contributed by atoms with Gasteiger partial charge < -0.3 is 5.11 Å². The van der Waals surface area contributed by atoms with E-state index in [1.165, 1.54) is 0 Å². The Hall–Kier alpha value is -0.410. The third kappa shape index (κ3) is 5.27. The molecule has 0 aliphatic rings. The van der Waals surface area contributed by atoms with Crippen molar-refractivity contribution in [3.8, 4) is 0 Å². The lowest BCUT2D eigenvalue weighted by molar-refractivity contribution is 0.289. The molecule has 0 saturated carbocycles. The highest BCUT2D eigenvalue weighted by atomic mass is 32.2. The lowest BCUT2D eigenvalue weighted by Gasteiger charge is -1.95. The predicted molar refractivity (Wildman–Crippen MR) is 53.3 cm³/mol. The molecule has 0 amide bonds. The highest BCUT2D eigenvalue weighted by molar-refractivity contribution is 7.89. The first-order valence-corrected chi connectivity index (χ1v) is 5.39. The number of hydrogen-bond acceptors (Lipinski definition) is 2. The van der Waals surface area contributed by atoms with Crippen LogP contribution in [-0.4, -0.2) is 21.7 Å². The van der Waals surface area contributed by atoms with E-state index < -0.39 is 10.8 Å². The lowest BCUT2D eigenvalue weighted by Crippen LogP contribution is -1.92. The second-order valence-corrected chi connectivity index (χ2v) is 4.16. The number of aliphatic hydroxyl groups is 1. The van der Waals surface area contributed by atoms with Crippen molar-refractivity contribution in [2.75, 3.05) is 12.4 Å². The van der Waals surface area contributed by atoms with E-state index in [-0.39, 0.29) is 6.61 Å². The molecule has 2 nitrogen and oxygen atoms in total. The summed E-state index contributed by atoms with van der Waals surface area (Å²) in [5, 5.41) is 8.47. The molecule has 1 unspecified atom stereocenters. The minimum atomic E-state index is -0.921. The van der Waals surface area contributed by atoms with Crippen LogP contribution >= 0.6 is 0 Å². The second kappa shape index (κ2) is 7.25. The minimum absolute atomic E-state index is 0.202. The van der Waals surface area contributed by atoms with Crippen LogP contribution in [0.25, 0.3) is 0 Å². The van der Waals surface area contributed by atoms with Crippen molar-refractivity contribution in [2.24, 2.45) is 0 Å². The van der Waals surface area contributed by atoms with Crippen LogP contribution in [0.4, 0.5) is 0 Å². The maximum absolute atomic E-state index is 11.1. The lowest BCUT2D eigenvalue weighted by atomic mass is 10.3. The SMILES string of the molecule is C=C(/C=C\CCCO)S(=O)CC. The first-order chi connectivity index (χ1) is 5.72. The fraction of sp³-hybridized carbons (Fsp3) is 0.556. The summed E-state index contributed by atoms with van der Waals surface area (Å²) in [5.74, 6) is 0.614. The van der Waals surface area contributed by atoms with Gasteiger partial charge in [-0.1, -0.05) is 25.7 Å². The molecule has 0 aliphatic heterocycles. The minimum Gasteiger partial charge on any atom is -0.396 e. The number of rotatable bonds is 6. The second-order valence-electron chi connectivity index (χ2n) is 2.37. The summed E-state index contributed by atoms with van der Waals surface area (Å²) in [6.07, 6.45) is 5.24. The molecule has 1 N–H and O–H groups in total. The predicted octanol–water partition coefficient (Wildman–Crippen LogP) is 1.60. The van der Waals surface area contributed by atoms with Crippen LogP contribution in [0.3, 0.4) is 0 Å². The van der Waals surface area contributed by atoms with Crippen molar-refractivity contribution in [3.63, 3.8) is 0 Å². The van der Waals surface area contributed by atoms with Crippen LogP contribution < -0.4 is 0 Å². The quantitative estimate of drug-likeness (QED) is 0.508. The molecular weight excluding hydrogens is 172 g/mol. The van der Waals surface area contributed by atoms with Gasteiger partial charge in [-0.3, -0.25) is 4.21 Å². The number of aliphatic hydroxyl groups excluding tert-OH is 1. The van der Waals surface area contributed by atoms with Crippen LogP contribution in [0.15, 0.2) is 23.6 Å². The fourth-order valence-corrected chi connectivity index (χ4v) is 1.30. The van der Waals surface area contributed by atoms with Crippen molar-refractivity contribution < 1.29 is 9.32 Å². The molecule has 1 atom stereocenters. The Balaban J connectivity index is 3.68. The fourth-order valence-electron chi connectivity index (χ4n) is 0.685. The molecule has 70 valence electrons. The Bertz CT molecular complexity index is 185. The largest absolute Gasteiger partial charge is 0.396 e. The highest BCUT2D eigenvalue weighted by Crippen LogP contribution is 2.02. The van der Waals surface area contributed by atoms with E-state index in [2.05, 4.69) is 6.58 Å². The summed E-state index contributed by atoms with van der Waals surface area (Å²) in [7, 11) is -0.921. The average molecular weight is 188 g/mol. The van der Waals surface area contributed by atoms with Gasteiger partial charge in [-0.15, -0.1) is 0 Å². The molecule has 12 heavy (non-hydrogen) atoms. The van der Waals surface area contributed by atoms with Crippen LogP contribution in [0.2, 0.25) is 0 Å². The maximum atomic E-state index is 11.1. The zero-order chi connectivity index (χ0) is 9.40. The van der Waals surface area contributed by atoms with Gasteiger partial charge in [-0.05, 0) is 12.8 Å². The molecule has 0 bridgehead atoms. The molecular formula is C9H16O2S. The Labute approximate surface area is 76.4 Å². The van der Waals surface area contributed by atoms with Gasteiger partial charge in [0, 0.05) is 17.3 Å². The topological polar surface area (TPSA) is 37.3 Å². The number of hydrogen-bond donors (Lipinski definition) is 1. The summed E-state index contributed by atoms with van der Waals surface area (Å²) in [4.78, 5) is 0.662. The molecule has 0 fully saturated rings.